The first-order chi connectivity index (χ1) is 6.50. The van der Waals surface area contributed by atoms with Crippen molar-refractivity contribution >= 4 is 11.8 Å². The SMILES string of the molecule is CCC[C@H]1C(=O)N(C)[C@@H](C)C(=O)N1C. The van der Waals surface area contributed by atoms with Crippen LogP contribution in [0.25, 0.3) is 0 Å². The van der Waals surface area contributed by atoms with E-state index in [2.05, 4.69) is 0 Å². The van der Waals surface area contributed by atoms with Crippen molar-refractivity contribution in [1.29, 1.82) is 0 Å². The van der Waals surface area contributed by atoms with Gasteiger partial charge in [-0.05, 0) is 13.3 Å². The zero-order valence-electron chi connectivity index (χ0n) is 9.28. The second-order valence-electron chi connectivity index (χ2n) is 3.88. The van der Waals surface area contributed by atoms with Crippen LogP contribution in [0.4, 0.5) is 0 Å². The largest absolute Gasteiger partial charge is 0.332 e. The lowest BCUT2D eigenvalue weighted by molar-refractivity contribution is -0.157. The van der Waals surface area contributed by atoms with Crippen LogP contribution in [0.1, 0.15) is 26.7 Å². The molecule has 1 rings (SSSR count). The predicted octanol–water partition coefficient (Wildman–Crippen LogP) is 0.474. The molecule has 0 saturated carbocycles. The molecule has 1 heterocycles. The van der Waals surface area contributed by atoms with Gasteiger partial charge < -0.3 is 9.80 Å². The van der Waals surface area contributed by atoms with Crippen LogP contribution in [-0.2, 0) is 9.59 Å². The van der Waals surface area contributed by atoms with Crippen molar-refractivity contribution in [1.82, 2.24) is 9.80 Å². The summed E-state index contributed by atoms with van der Waals surface area (Å²) in [6, 6.07) is -0.575. The van der Waals surface area contributed by atoms with E-state index < -0.39 is 0 Å². The number of hydrogen-bond donors (Lipinski definition) is 0. The molecule has 0 aromatic heterocycles. The highest BCUT2D eigenvalue weighted by atomic mass is 16.2. The third kappa shape index (κ3) is 1.61. The van der Waals surface area contributed by atoms with Crippen molar-refractivity contribution < 1.29 is 9.59 Å². The maximum absolute atomic E-state index is 11.8. The standard InChI is InChI=1S/C10H18N2O2/c1-5-6-8-10(14)11(3)7(2)9(13)12(8)4/h7-8H,5-6H2,1-4H3/t7-,8-/m0/s1. The number of amides is 2. The number of carbonyl (C=O) groups is 2. The molecule has 1 aliphatic rings. The molecule has 0 N–H and O–H groups in total. The summed E-state index contributed by atoms with van der Waals surface area (Å²) in [6.45, 7) is 3.78. The van der Waals surface area contributed by atoms with Gasteiger partial charge in [0.1, 0.15) is 12.1 Å². The first-order valence-electron chi connectivity index (χ1n) is 5.04. The molecule has 1 fully saturated rings. The van der Waals surface area contributed by atoms with Crippen molar-refractivity contribution in [2.45, 2.75) is 38.8 Å². The molecular weight excluding hydrogens is 180 g/mol. The Balaban J connectivity index is 2.86. The molecule has 1 aliphatic heterocycles. The van der Waals surface area contributed by atoms with Crippen LogP contribution in [0.15, 0.2) is 0 Å². The summed E-state index contributed by atoms with van der Waals surface area (Å²) in [5.74, 6) is 0.0898. The quantitative estimate of drug-likeness (QED) is 0.647. The summed E-state index contributed by atoms with van der Waals surface area (Å²) < 4.78 is 0. The highest BCUT2D eigenvalue weighted by Gasteiger charge is 2.39. The van der Waals surface area contributed by atoms with Crippen molar-refractivity contribution in [3.05, 3.63) is 0 Å². The molecule has 80 valence electrons. The number of piperazine rings is 1. The van der Waals surface area contributed by atoms with Gasteiger partial charge in [-0.3, -0.25) is 9.59 Å². The molecule has 2 amide bonds. The molecular formula is C10H18N2O2. The third-order valence-electron chi connectivity index (χ3n) is 2.95. The smallest absolute Gasteiger partial charge is 0.245 e. The van der Waals surface area contributed by atoms with E-state index in [-0.39, 0.29) is 23.9 Å². The Morgan fingerprint density at radius 1 is 1.14 bits per heavy atom. The number of hydrogen-bond acceptors (Lipinski definition) is 2. The van der Waals surface area contributed by atoms with Crippen molar-refractivity contribution in [3.63, 3.8) is 0 Å². The first kappa shape index (κ1) is 11.0. The second kappa shape index (κ2) is 3.98. The summed E-state index contributed by atoms with van der Waals surface area (Å²) in [6.07, 6.45) is 1.66. The minimum absolute atomic E-state index is 0.0329. The highest BCUT2D eigenvalue weighted by Crippen LogP contribution is 2.18. The lowest BCUT2D eigenvalue weighted by atomic mass is 10.0. The predicted molar refractivity (Wildman–Crippen MR) is 53.7 cm³/mol. The number of likely N-dealkylation sites (N-methyl/N-ethyl adjacent to an activating group) is 2. The Morgan fingerprint density at radius 2 is 1.71 bits per heavy atom. The lowest BCUT2D eigenvalue weighted by Crippen LogP contribution is -2.61. The topological polar surface area (TPSA) is 40.6 Å². The van der Waals surface area contributed by atoms with Crippen LogP contribution >= 0.6 is 0 Å². The van der Waals surface area contributed by atoms with Gasteiger partial charge in [-0.2, -0.15) is 0 Å². The van der Waals surface area contributed by atoms with Crippen LogP contribution in [0, 0.1) is 0 Å². The van der Waals surface area contributed by atoms with Gasteiger partial charge in [-0.1, -0.05) is 13.3 Å². The highest BCUT2D eigenvalue weighted by molar-refractivity contribution is 5.96. The lowest BCUT2D eigenvalue weighted by Gasteiger charge is -2.40. The van der Waals surface area contributed by atoms with Gasteiger partial charge >= 0.3 is 0 Å². The van der Waals surface area contributed by atoms with E-state index in [0.717, 1.165) is 12.8 Å². The molecule has 0 bridgehead atoms. The molecule has 4 heteroatoms. The van der Waals surface area contributed by atoms with E-state index in [1.54, 1.807) is 30.8 Å². The summed E-state index contributed by atoms with van der Waals surface area (Å²) in [7, 11) is 3.41. The molecule has 2 atom stereocenters. The van der Waals surface area contributed by atoms with Gasteiger partial charge in [0.05, 0.1) is 0 Å². The fourth-order valence-corrected chi connectivity index (χ4v) is 1.80. The van der Waals surface area contributed by atoms with Gasteiger partial charge in [-0.15, -0.1) is 0 Å². The third-order valence-corrected chi connectivity index (χ3v) is 2.95. The molecule has 0 spiro atoms. The summed E-state index contributed by atoms with van der Waals surface area (Å²) in [4.78, 5) is 26.6. The summed E-state index contributed by atoms with van der Waals surface area (Å²) in [5.41, 5.74) is 0. The van der Waals surface area contributed by atoms with Crippen molar-refractivity contribution in [2.75, 3.05) is 14.1 Å². The number of nitrogens with zero attached hydrogens (tertiary/aromatic N) is 2. The zero-order valence-corrected chi connectivity index (χ0v) is 9.28. The first-order valence-corrected chi connectivity index (χ1v) is 5.04. The minimum atomic E-state index is -0.319. The minimum Gasteiger partial charge on any atom is -0.332 e. The Bertz CT molecular complexity index is 253. The van der Waals surface area contributed by atoms with E-state index in [0.29, 0.717) is 0 Å². The van der Waals surface area contributed by atoms with Gasteiger partial charge in [-0.25, -0.2) is 0 Å². The van der Waals surface area contributed by atoms with Crippen LogP contribution in [0.3, 0.4) is 0 Å². The molecule has 4 nitrogen and oxygen atoms in total. The number of carbonyl (C=O) groups excluding carboxylic acids is 2. The average molecular weight is 198 g/mol. The summed E-state index contributed by atoms with van der Waals surface area (Å²) >= 11 is 0. The molecule has 0 unspecified atom stereocenters. The van der Waals surface area contributed by atoms with E-state index >= 15 is 0 Å². The maximum Gasteiger partial charge on any atom is 0.245 e. The molecule has 0 aromatic rings. The van der Waals surface area contributed by atoms with E-state index in [9.17, 15) is 9.59 Å². The van der Waals surface area contributed by atoms with Crippen molar-refractivity contribution in [2.24, 2.45) is 0 Å². The maximum atomic E-state index is 11.8. The normalized spacial score (nSPS) is 28.6. The van der Waals surface area contributed by atoms with Crippen LogP contribution in [0.5, 0.6) is 0 Å². The fourth-order valence-electron chi connectivity index (χ4n) is 1.80. The molecule has 0 aliphatic carbocycles. The fraction of sp³-hybridized carbons (Fsp3) is 0.800. The average Bonchev–Trinajstić information content (AvgIpc) is 2.19. The van der Waals surface area contributed by atoms with Gasteiger partial charge in [0.25, 0.3) is 0 Å². The molecule has 1 saturated heterocycles. The van der Waals surface area contributed by atoms with E-state index in [1.807, 2.05) is 6.92 Å². The Labute approximate surface area is 84.9 Å². The Hall–Kier alpha value is -1.06. The van der Waals surface area contributed by atoms with E-state index in [4.69, 9.17) is 0 Å². The van der Waals surface area contributed by atoms with Gasteiger partial charge in [0.2, 0.25) is 11.8 Å². The monoisotopic (exact) mass is 198 g/mol. The Morgan fingerprint density at radius 3 is 2.21 bits per heavy atom. The van der Waals surface area contributed by atoms with Crippen LogP contribution in [0.2, 0.25) is 0 Å². The second-order valence-corrected chi connectivity index (χ2v) is 3.88. The van der Waals surface area contributed by atoms with Gasteiger partial charge in [0, 0.05) is 14.1 Å². The Kier molecular flexibility index (Phi) is 3.13. The zero-order chi connectivity index (χ0) is 10.9. The van der Waals surface area contributed by atoms with Gasteiger partial charge in [0.15, 0.2) is 0 Å². The molecule has 14 heavy (non-hydrogen) atoms. The van der Waals surface area contributed by atoms with Crippen molar-refractivity contribution in [3.8, 4) is 0 Å². The summed E-state index contributed by atoms with van der Waals surface area (Å²) in [5, 5.41) is 0. The molecule has 0 aromatic carbocycles. The molecule has 0 radical (unpaired) electrons. The van der Waals surface area contributed by atoms with Crippen LogP contribution < -0.4 is 0 Å². The van der Waals surface area contributed by atoms with E-state index in [1.165, 1.54) is 0 Å². The number of rotatable bonds is 2. The van der Waals surface area contributed by atoms with Crippen LogP contribution in [-0.4, -0.2) is 47.8 Å².